The normalized spacial score (nSPS) is 31.7. The highest BCUT2D eigenvalue weighted by atomic mass is 32.1. The Balaban J connectivity index is 1.58. The second-order valence-corrected chi connectivity index (χ2v) is 16.1. The highest BCUT2D eigenvalue weighted by molar-refractivity contribution is 7.80. The van der Waals surface area contributed by atoms with E-state index in [9.17, 15) is 19.8 Å². The van der Waals surface area contributed by atoms with Crippen LogP contribution in [0.5, 0.6) is 5.75 Å². The van der Waals surface area contributed by atoms with Crippen molar-refractivity contribution in [2.75, 3.05) is 43.8 Å². The minimum atomic E-state index is -1.64. The number of carbonyl (C=O) groups excluding carboxylic acids is 2. The van der Waals surface area contributed by atoms with E-state index in [4.69, 9.17) is 23.7 Å². The number of methoxy groups -OCH3 is 2. The number of aliphatic hydroxyl groups is 2. The van der Waals surface area contributed by atoms with Gasteiger partial charge in [0.05, 0.1) is 37.5 Å². The molecule has 2 aromatic rings. The summed E-state index contributed by atoms with van der Waals surface area (Å²) in [4.78, 5) is 28.6. The third-order valence-electron chi connectivity index (χ3n) is 10.8. The molecule has 3 aliphatic heterocycles. The smallest absolute Gasteiger partial charge is 0.229 e. The van der Waals surface area contributed by atoms with E-state index in [0.29, 0.717) is 48.7 Å². The molecule has 0 aromatic heterocycles. The average molecular weight is 782 g/mol. The predicted octanol–water partition coefficient (Wildman–Crippen LogP) is 5.62. The van der Waals surface area contributed by atoms with E-state index in [-0.39, 0.29) is 42.6 Å². The van der Waals surface area contributed by atoms with Crippen LogP contribution in [0.3, 0.4) is 0 Å². The summed E-state index contributed by atoms with van der Waals surface area (Å²) in [5.74, 6) is 0.886. The fourth-order valence-electron chi connectivity index (χ4n) is 7.62. The van der Waals surface area contributed by atoms with Crippen molar-refractivity contribution in [2.45, 2.75) is 109 Å². The molecule has 3 aliphatic rings. The van der Waals surface area contributed by atoms with E-state index >= 15 is 0 Å². The van der Waals surface area contributed by atoms with Gasteiger partial charge in [0.25, 0.3) is 0 Å². The van der Waals surface area contributed by atoms with Crippen LogP contribution in [0.15, 0.2) is 60.2 Å². The molecule has 2 aromatic carbocycles. The zero-order valence-corrected chi connectivity index (χ0v) is 34.2. The van der Waals surface area contributed by atoms with Gasteiger partial charge in [0.15, 0.2) is 5.72 Å². The topological polar surface area (TPSA) is 151 Å². The number of amides is 2. The van der Waals surface area contributed by atoms with E-state index in [1.165, 1.54) is 7.11 Å². The number of allylic oxidation sites excluding steroid dienone is 3. The lowest BCUT2D eigenvalue weighted by atomic mass is 9.83. The molecule has 2 saturated heterocycles. The molecule has 12 nitrogen and oxygen atoms in total. The number of nitrogens with one attached hydrogen (secondary N) is 2. The van der Waals surface area contributed by atoms with Crippen molar-refractivity contribution in [1.82, 2.24) is 5.32 Å². The van der Waals surface area contributed by atoms with Crippen LogP contribution < -0.4 is 20.3 Å². The van der Waals surface area contributed by atoms with E-state index in [0.717, 1.165) is 22.3 Å². The van der Waals surface area contributed by atoms with E-state index in [1.807, 2.05) is 69.3 Å². The van der Waals surface area contributed by atoms with E-state index in [2.05, 4.69) is 37.1 Å². The zero-order chi connectivity index (χ0) is 40.1. The molecule has 4 bridgehead atoms. The van der Waals surface area contributed by atoms with Crippen LogP contribution in [0, 0.1) is 11.8 Å². The number of anilines is 2. The molecule has 0 saturated carbocycles. The van der Waals surface area contributed by atoms with Gasteiger partial charge in [-0.3, -0.25) is 9.59 Å². The lowest BCUT2D eigenvalue weighted by Gasteiger charge is -2.44. The van der Waals surface area contributed by atoms with Crippen molar-refractivity contribution in [3.8, 4) is 16.9 Å². The molecule has 0 spiro atoms. The van der Waals surface area contributed by atoms with Gasteiger partial charge in [-0.1, -0.05) is 56.7 Å². The molecular formula is C42H59N3O9S. The van der Waals surface area contributed by atoms with Crippen molar-refractivity contribution >= 4 is 35.8 Å². The summed E-state index contributed by atoms with van der Waals surface area (Å²) < 4.78 is 30.6. The first-order valence-corrected chi connectivity index (χ1v) is 19.7. The summed E-state index contributed by atoms with van der Waals surface area (Å²) in [6.45, 7) is 10.4. The Morgan fingerprint density at radius 1 is 1.20 bits per heavy atom. The SMILES string of the molecule is COc1cc2cc(c1-c1ccc(NC(=O)CCCS)cc1)N(C)C(=O)C[C@H](OCC(C)C)[C@]1(C)O[C@H]1[C@H](C)[C@@H]1C[C@@](O)(NC(O)O1)[C@H](OC)/C=C/C=C(\C)C2. The first-order valence-electron chi connectivity index (χ1n) is 19.1. The minimum absolute atomic E-state index is 0.0282. The summed E-state index contributed by atoms with van der Waals surface area (Å²) >= 11 is 4.21. The number of aliphatic hydroxyl groups excluding tert-OH is 1. The van der Waals surface area contributed by atoms with Gasteiger partial charge in [0.1, 0.15) is 17.5 Å². The molecule has 2 fully saturated rings. The van der Waals surface area contributed by atoms with E-state index in [1.54, 1.807) is 25.1 Å². The Hall–Kier alpha value is -3.27. The van der Waals surface area contributed by atoms with Gasteiger partial charge < -0.3 is 44.1 Å². The number of carbonyl (C=O) groups is 2. The van der Waals surface area contributed by atoms with Crippen LogP contribution in [-0.2, 0) is 35.0 Å². The largest absolute Gasteiger partial charge is 0.496 e. The quantitative estimate of drug-likeness (QED) is 0.152. The van der Waals surface area contributed by atoms with Gasteiger partial charge in [-0.15, -0.1) is 0 Å². The Morgan fingerprint density at radius 2 is 1.93 bits per heavy atom. The second kappa shape index (κ2) is 18.3. The number of thiol groups is 1. The summed E-state index contributed by atoms with van der Waals surface area (Å²) in [6, 6.07) is 11.5. The van der Waals surface area contributed by atoms with Crippen LogP contribution in [0.4, 0.5) is 11.4 Å². The van der Waals surface area contributed by atoms with Gasteiger partial charge in [0.2, 0.25) is 18.2 Å². The summed E-state index contributed by atoms with van der Waals surface area (Å²) in [7, 11) is 4.89. The van der Waals surface area contributed by atoms with Crippen molar-refractivity contribution in [3.63, 3.8) is 0 Å². The molecule has 302 valence electrons. The number of nitrogens with zero attached hydrogens (tertiary/aromatic N) is 1. The van der Waals surface area contributed by atoms with Crippen molar-refractivity contribution in [2.24, 2.45) is 11.8 Å². The van der Waals surface area contributed by atoms with Crippen molar-refractivity contribution in [1.29, 1.82) is 0 Å². The fourth-order valence-corrected chi connectivity index (χ4v) is 7.77. The highest BCUT2D eigenvalue weighted by Gasteiger charge is 2.63. The number of ether oxygens (including phenoxy) is 5. The molecule has 55 heavy (non-hydrogen) atoms. The number of rotatable bonds is 10. The van der Waals surface area contributed by atoms with Crippen LogP contribution in [0.1, 0.15) is 65.9 Å². The van der Waals surface area contributed by atoms with Crippen LogP contribution in [-0.4, -0.2) is 97.8 Å². The van der Waals surface area contributed by atoms with Gasteiger partial charge in [-0.25, -0.2) is 5.32 Å². The molecule has 5 rings (SSSR count). The maximum Gasteiger partial charge on any atom is 0.229 e. The Labute approximate surface area is 331 Å². The third kappa shape index (κ3) is 10.2. The maximum absolute atomic E-state index is 14.5. The summed E-state index contributed by atoms with van der Waals surface area (Å²) in [6.07, 6.45) is 3.43. The Morgan fingerprint density at radius 3 is 2.58 bits per heavy atom. The molecule has 4 N–H and O–H groups in total. The fraction of sp³-hybridized carbons (Fsp3) is 0.571. The number of benzene rings is 2. The maximum atomic E-state index is 14.5. The minimum Gasteiger partial charge on any atom is -0.496 e. The average Bonchev–Trinajstić information content (AvgIpc) is 3.84. The number of hydrogen-bond donors (Lipinski definition) is 5. The Kier molecular flexibility index (Phi) is 14.3. The van der Waals surface area contributed by atoms with E-state index < -0.39 is 36.1 Å². The molecule has 8 atom stereocenters. The van der Waals surface area contributed by atoms with Gasteiger partial charge in [-0.05, 0) is 73.8 Å². The van der Waals surface area contributed by atoms with Crippen LogP contribution in [0.25, 0.3) is 11.1 Å². The second-order valence-electron chi connectivity index (χ2n) is 15.6. The van der Waals surface area contributed by atoms with Crippen LogP contribution in [0.2, 0.25) is 0 Å². The van der Waals surface area contributed by atoms with Crippen molar-refractivity contribution < 1.29 is 43.5 Å². The molecule has 13 heteroatoms. The summed E-state index contributed by atoms with van der Waals surface area (Å²) in [5, 5.41) is 28.3. The molecule has 1 unspecified atom stereocenters. The number of fused-ring (bicyclic) bond motifs is 5. The lowest BCUT2D eigenvalue weighted by molar-refractivity contribution is -0.271. The lowest BCUT2D eigenvalue weighted by Crippen LogP contribution is -2.65. The first kappa shape index (κ1) is 42.9. The molecule has 3 heterocycles. The van der Waals surface area contributed by atoms with Crippen LogP contribution >= 0.6 is 12.6 Å². The first-order chi connectivity index (χ1) is 26.1. The molecule has 0 radical (unpaired) electrons. The number of hydrogen-bond acceptors (Lipinski definition) is 11. The highest BCUT2D eigenvalue weighted by Crippen LogP contribution is 2.49. The molecule has 0 aliphatic carbocycles. The van der Waals surface area contributed by atoms with Gasteiger partial charge >= 0.3 is 0 Å². The Bertz CT molecular complexity index is 1720. The van der Waals surface area contributed by atoms with Gasteiger partial charge in [-0.2, -0.15) is 12.6 Å². The third-order valence-corrected chi connectivity index (χ3v) is 11.1. The monoisotopic (exact) mass is 781 g/mol. The predicted molar refractivity (Wildman–Crippen MR) is 216 cm³/mol. The summed E-state index contributed by atoms with van der Waals surface area (Å²) in [5.41, 5.74) is 2.30. The molecule has 2 amide bonds. The van der Waals surface area contributed by atoms with Crippen molar-refractivity contribution in [3.05, 3.63) is 65.8 Å². The van der Waals surface area contributed by atoms with Gasteiger partial charge in [0, 0.05) is 50.8 Å². The standard InChI is InChI=1S/C42H59N3O9S/c1-25(2)24-52-35-22-37(47)45(6)31-20-28(21-32(50-7)38(31)29-14-16-30(17-15-29)43-36(46)13-10-18-55)19-26(3)11-9-12-34(51-8)42(49)23-33(53-40(48)44-42)27(4)39-41(35,5)54-39/h9,11-12,14-17,20-21,25,27,33-35,39-40,44,48-49,55H,10,13,18-19,22-24H2,1-8H3,(H,43,46)/b12-9+,26-11+/t27-,33+,34-,35+,39+,40?,41+,42+/m1/s1. The zero-order valence-electron chi connectivity index (χ0n) is 33.3. The molecular weight excluding hydrogens is 723 g/mol. The number of epoxide rings is 1.